The Morgan fingerprint density at radius 2 is 1.90 bits per heavy atom. The monoisotopic (exact) mass is 264 g/mol. The topological polar surface area (TPSA) is 42.9 Å². The highest BCUT2D eigenvalue weighted by molar-refractivity contribution is 5.97. The number of aromatic nitrogens is 2. The fraction of sp³-hybridized carbons (Fsp3) is 0.353. The molecule has 20 heavy (non-hydrogen) atoms. The van der Waals surface area contributed by atoms with Crippen molar-refractivity contribution < 1.29 is 4.79 Å². The van der Waals surface area contributed by atoms with Crippen LogP contribution in [0.3, 0.4) is 0 Å². The average Bonchev–Trinajstić information content (AvgIpc) is 3.32. The molecular formula is C17H16N2O. The van der Waals surface area contributed by atoms with Gasteiger partial charge < -0.3 is 0 Å². The van der Waals surface area contributed by atoms with Crippen molar-refractivity contribution >= 4 is 5.78 Å². The molecule has 1 fully saturated rings. The first-order valence-corrected chi connectivity index (χ1v) is 7.31. The highest BCUT2D eigenvalue weighted by Gasteiger charge is 2.27. The zero-order chi connectivity index (χ0) is 13.5. The maximum Gasteiger partial charge on any atom is 0.166 e. The van der Waals surface area contributed by atoms with Crippen LogP contribution in [0.1, 0.15) is 53.2 Å². The summed E-state index contributed by atoms with van der Waals surface area (Å²) in [5.74, 6) is 1.64. The van der Waals surface area contributed by atoms with E-state index in [0.29, 0.717) is 12.3 Å². The van der Waals surface area contributed by atoms with Gasteiger partial charge in [-0.05, 0) is 37.2 Å². The van der Waals surface area contributed by atoms with E-state index in [0.717, 1.165) is 35.5 Å². The zero-order valence-electron chi connectivity index (χ0n) is 11.3. The van der Waals surface area contributed by atoms with Crippen molar-refractivity contribution in [2.75, 3.05) is 0 Å². The van der Waals surface area contributed by atoms with Crippen LogP contribution in [0.15, 0.2) is 30.5 Å². The number of rotatable bonds is 2. The Kier molecular flexibility index (Phi) is 2.66. The van der Waals surface area contributed by atoms with Gasteiger partial charge in [-0.15, -0.1) is 0 Å². The lowest BCUT2D eigenvalue weighted by atomic mass is 9.95. The van der Waals surface area contributed by atoms with Crippen LogP contribution < -0.4 is 0 Å². The van der Waals surface area contributed by atoms with E-state index in [1.54, 1.807) is 6.20 Å². The molecule has 3 heteroatoms. The minimum absolute atomic E-state index is 0.188. The van der Waals surface area contributed by atoms with Crippen molar-refractivity contribution in [2.24, 2.45) is 0 Å². The molecule has 2 aromatic rings. The molecule has 0 atom stereocenters. The smallest absolute Gasteiger partial charge is 0.166 e. The molecule has 0 aliphatic heterocycles. The number of ketones is 1. The quantitative estimate of drug-likeness (QED) is 0.833. The Morgan fingerprint density at radius 3 is 2.75 bits per heavy atom. The maximum absolute atomic E-state index is 11.8. The summed E-state index contributed by atoms with van der Waals surface area (Å²) >= 11 is 0. The van der Waals surface area contributed by atoms with Crippen molar-refractivity contribution in [1.82, 2.24) is 9.97 Å². The number of carbonyl (C=O) groups excluding carboxylic acids is 1. The third-order valence-electron chi connectivity index (χ3n) is 4.20. The van der Waals surface area contributed by atoms with E-state index >= 15 is 0 Å². The molecule has 1 aromatic carbocycles. The van der Waals surface area contributed by atoms with Crippen LogP contribution in [0, 0.1) is 0 Å². The van der Waals surface area contributed by atoms with Crippen LogP contribution in [0.25, 0.3) is 11.4 Å². The number of nitrogens with zero attached hydrogens (tertiary/aromatic N) is 2. The van der Waals surface area contributed by atoms with Gasteiger partial charge in [0, 0.05) is 18.2 Å². The van der Waals surface area contributed by atoms with Gasteiger partial charge in [-0.1, -0.05) is 24.3 Å². The van der Waals surface area contributed by atoms with Crippen LogP contribution in [-0.4, -0.2) is 15.8 Å². The van der Waals surface area contributed by atoms with Crippen LogP contribution in [-0.2, 0) is 6.42 Å². The highest BCUT2D eigenvalue weighted by Crippen LogP contribution is 2.43. The molecule has 100 valence electrons. The fourth-order valence-corrected chi connectivity index (χ4v) is 2.97. The van der Waals surface area contributed by atoms with Gasteiger partial charge in [-0.3, -0.25) is 4.79 Å². The molecule has 0 bridgehead atoms. The Hall–Kier alpha value is -2.03. The van der Waals surface area contributed by atoms with Gasteiger partial charge in [-0.25, -0.2) is 9.97 Å². The summed E-state index contributed by atoms with van der Waals surface area (Å²) in [6.45, 7) is 0. The van der Waals surface area contributed by atoms with Crippen molar-refractivity contribution in [3.8, 4) is 11.4 Å². The molecule has 0 unspecified atom stereocenters. The lowest BCUT2D eigenvalue weighted by Crippen LogP contribution is -2.14. The summed E-state index contributed by atoms with van der Waals surface area (Å²) in [5.41, 5.74) is 4.14. The fourth-order valence-electron chi connectivity index (χ4n) is 2.97. The van der Waals surface area contributed by atoms with Gasteiger partial charge in [0.2, 0.25) is 0 Å². The summed E-state index contributed by atoms with van der Waals surface area (Å²) in [6, 6.07) is 8.40. The summed E-state index contributed by atoms with van der Waals surface area (Å²) in [5, 5.41) is 0. The second-order valence-corrected chi connectivity index (χ2v) is 5.69. The summed E-state index contributed by atoms with van der Waals surface area (Å²) in [6.07, 6.45) is 6.69. The van der Waals surface area contributed by atoms with Crippen LogP contribution in [0.4, 0.5) is 0 Å². The molecule has 1 aromatic heterocycles. The molecule has 0 spiro atoms. The van der Waals surface area contributed by atoms with Gasteiger partial charge in [0.25, 0.3) is 0 Å². The van der Waals surface area contributed by atoms with Gasteiger partial charge in [0.15, 0.2) is 11.6 Å². The van der Waals surface area contributed by atoms with Crippen molar-refractivity contribution in [3.63, 3.8) is 0 Å². The number of benzene rings is 1. The summed E-state index contributed by atoms with van der Waals surface area (Å²) < 4.78 is 0. The maximum atomic E-state index is 11.8. The molecule has 0 N–H and O–H groups in total. The van der Waals surface area contributed by atoms with E-state index in [4.69, 9.17) is 0 Å². The van der Waals surface area contributed by atoms with E-state index in [2.05, 4.69) is 28.2 Å². The van der Waals surface area contributed by atoms with Crippen LogP contribution in [0.5, 0.6) is 0 Å². The first-order valence-electron chi connectivity index (χ1n) is 7.31. The third kappa shape index (κ3) is 1.94. The summed E-state index contributed by atoms with van der Waals surface area (Å²) in [4.78, 5) is 21.0. The number of carbonyl (C=O) groups is 1. The molecule has 1 heterocycles. The Labute approximate surface area is 118 Å². The minimum Gasteiger partial charge on any atom is -0.294 e. The van der Waals surface area contributed by atoms with Crippen molar-refractivity contribution in [3.05, 3.63) is 47.3 Å². The molecule has 1 saturated carbocycles. The predicted octanol–water partition coefficient (Wildman–Crippen LogP) is 3.54. The zero-order valence-corrected chi connectivity index (χ0v) is 11.3. The van der Waals surface area contributed by atoms with Gasteiger partial charge in [-0.2, -0.15) is 0 Å². The molecule has 4 rings (SSSR count). The number of Topliss-reactive ketones (excluding diaryl/α,β-unsaturated/α-hetero) is 1. The predicted molar refractivity (Wildman–Crippen MR) is 76.7 cm³/mol. The molecule has 0 radical (unpaired) electrons. The van der Waals surface area contributed by atoms with Gasteiger partial charge in [0.05, 0.1) is 11.3 Å². The minimum atomic E-state index is 0.188. The van der Waals surface area contributed by atoms with Crippen molar-refractivity contribution in [1.29, 1.82) is 0 Å². The number of hydrogen-bond acceptors (Lipinski definition) is 3. The lowest BCUT2D eigenvalue weighted by molar-refractivity contribution is 0.0971. The van der Waals surface area contributed by atoms with E-state index in [1.165, 1.54) is 18.4 Å². The molecule has 0 saturated heterocycles. The van der Waals surface area contributed by atoms with E-state index in [1.807, 2.05) is 6.07 Å². The van der Waals surface area contributed by atoms with E-state index in [9.17, 15) is 4.79 Å². The standard InChI is InChI=1S/C17H16N2O/c20-16-7-3-6-15-14(16)10-18-17(19-15)13-5-2-1-4-12(13)11-8-9-11/h1-2,4-5,10-11H,3,6-9H2. The average molecular weight is 264 g/mol. The first kappa shape index (κ1) is 11.8. The number of aryl methyl sites for hydroxylation is 1. The number of hydrogen-bond donors (Lipinski definition) is 0. The van der Waals surface area contributed by atoms with E-state index in [-0.39, 0.29) is 5.78 Å². The molecular weight excluding hydrogens is 248 g/mol. The second-order valence-electron chi connectivity index (χ2n) is 5.69. The second kappa shape index (κ2) is 4.51. The van der Waals surface area contributed by atoms with Crippen LogP contribution in [0.2, 0.25) is 0 Å². The third-order valence-corrected chi connectivity index (χ3v) is 4.20. The molecule has 3 nitrogen and oxygen atoms in total. The lowest BCUT2D eigenvalue weighted by Gasteiger charge is -2.15. The van der Waals surface area contributed by atoms with Gasteiger partial charge >= 0.3 is 0 Å². The normalized spacial score (nSPS) is 17.9. The summed E-state index contributed by atoms with van der Waals surface area (Å²) in [7, 11) is 0. The molecule has 2 aliphatic rings. The first-order chi connectivity index (χ1) is 9.83. The Bertz CT molecular complexity index is 689. The Balaban J connectivity index is 1.81. The van der Waals surface area contributed by atoms with Crippen LogP contribution >= 0.6 is 0 Å². The molecule has 0 amide bonds. The Morgan fingerprint density at radius 1 is 1.05 bits per heavy atom. The number of fused-ring (bicyclic) bond motifs is 1. The van der Waals surface area contributed by atoms with E-state index < -0.39 is 0 Å². The SMILES string of the molecule is O=C1CCCc2nc(-c3ccccc3C3CC3)ncc21. The highest BCUT2D eigenvalue weighted by atomic mass is 16.1. The largest absolute Gasteiger partial charge is 0.294 e. The molecule has 2 aliphatic carbocycles. The van der Waals surface area contributed by atoms with Gasteiger partial charge in [0.1, 0.15) is 0 Å². The van der Waals surface area contributed by atoms with Crippen molar-refractivity contribution in [2.45, 2.75) is 38.0 Å².